The van der Waals surface area contributed by atoms with Gasteiger partial charge in [-0.05, 0) is 49.5 Å². The van der Waals surface area contributed by atoms with Crippen molar-refractivity contribution in [2.24, 2.45) is 17.5 Å². The Morgan fingerprint density at radius 3 is 2.77 bits per heavy atom. The summed E-state index contributed by atoms with van der Waals surface area (Å²) in [7, 11) is 1.98. The SMILES string of the molecule is CCC1(CNC(=NCc2nnc(C)n2C)NCCc2cccs2)CCC1. The summed E-state index contributed by atoms with van der Waals surface area (Å²) >= 11 is 1.80. The van der Waals surface area contributed by atoms with Crippen molar-refractivity contribution in [3.8, 4) is 0 Å². The first kappa shape index (κ1) is 18.9. The minimum Gasteiger partial charge on any atom is -0.356 e. The molecule has 0 bridgehead atoms. The highest BCUT2D eigenvalue weighted by Crippen LogP contribution is 2.42. The van der Waals surface area contributed by atoms with Crippen LogP contribution in [-0.4, -0.2) is 33.8 Å². The molecule has 2 aromatic rings. The van der Waals surface area contributed by atoms with Crippen LogP contribution < -0.4 is 10.6 Å². The average molecular weight is 375 g/mol. The van der Waals surface area contributed by atoms with Crippen molar-refractivity contribution in [3.05, 3.63) is 34.0 Å². The number of nitrogens with zero attached hydrogens (tertiary/aromatic N) is 4. The maximum Gasteiger partial charge on any atom is 0.191 e. The van der Waals surface area contributed by atoms with Gasteiger partial charge in [-0.1, -0.05) is 19.4 Å². The van der Waals surface area contributed by atoms with Crippen LogP contribution in [0.2, 0.25) is 0 Å². The maximum absolute atomic E-state index is 4.76. The minimum atomic E-state index is 0.456. The van der Waals surface area contributed by atoms with Gasteiger partial charge in [-0.3, -0.25) is 0 Å². The van der Waals surface area contributed by atoms with Crippen molar-refractivity contribution in [1.82, 2.24) is 25.4 Å². The third-order valence-corrected chi connectivity index (χ3v) is 6.54. The van der Waals surface area contributed by atoms with E-state index in [9.17, 15) is 0 Å². The Balaban J connectivity index is 1.59. The molecule has 2 heterocycles. The molecule has 0 amide bonds. The number of aliphatic imine (C=N–C) groups is 1. The molecule has 0 aliphatic heterocycles. The quantitative estimate of drug-likeness (QED) is 0.550. The number of thiophene rings is 1. The van der Waals surface area contributed by atoms with E-state index in [-0.39, 0.29) is 0 Å². The summed E-state index contributed by atoms with van der Waals surface area (Å²) in [6, 6.07) is 4.28. The molecule has 3 rings (SSSR count). The molecule has 0 aromatic carbocycles. The Labute approximate surface area is 160 Å². The lowest BCUT2D eigenvalue weighted by Gasteiger charge is -2.41. The van der Waals surface area contributed by atoms with E-state index in [1.807, 2.05) is 18.5 Å². The standard InChI is InChI=1S/C19H30N6S/c1-4-19(9-6-10-19)14-22-18(20-11-8-16-7-5-12-26-16)21-13-17-24-23-15(2)25(17)3/h5,7,12H,4,6,8-11,13-14H2,1-3H3,(H2,20,21,22). The van der Waals surface area contributed by atoms with Crippen LogP contribution in [0.3, 0.4) is 0 Å². The average Bonchev–Trinajstić information content (AvgIpc) is 3.23. The number of guanidine groups is 1. The number of nitrogens with one attached hydrogen (secondary N) is 2. The summed E-state index contributed by atoms with van der Waals surface area (Å²) in [4.78, 5) is 6.15. The molecule has 1 aliphatic rings. The third-order valence-electron chi connectivity index (χ3n) is 5.60. The summed E-state index contributed by atoms with van der Waals surface area (Å²) in [5.41, 5.74) is 0.456. The van der Waals surface area contributed by atoms with E-state index in [0.29, 0.717) is 12.0 Å². The first-order chi connectivity index (χ1) is 12.6. The Morgan fingerprint density at radius 1 is 1.35 bits per heavy atom. The fourth-order valence-corrected chi connectivity index (χ4v) is 3.98. The molecule has 0 atom stereocenters. The van der Waals surface area contributed by atoms with Crippen molar-refractivity contribution in [2.45, 2.75) is 52.5 Å². The van der Waals surface area contributed by atoms with Gasteiger partial charge in [-0.2, -0.15) is 0 Å². The van der Waals surface area contributed by atoms with Gasteiger partial charge in [0.1, 0.15) is 12.4 Å². The van der Waals surface area contributed by atoms with Crippen molar-refractivity contribution in [3.63, 3.8) is 0 Å². The highest BCUT2D eigenvalue weighted by atomic mass is 32.1. The Bertz CT molecular complexity index is 709. The molecule has 142 valence electrons. The lowest BCUT2D eigenvalue weighted by Crippen LogP contribution is -2.46. The highest BCUT2D eigenvalue weighted by molar-refractivity contribution is 7.09. The van der Waals surface area contributed by atoms with Crippen LogP contribution in [0.1, 0.15) is 49.1 Å². The summed E-state index contributed by atoms with van der Waals surface area (Å²) in [5, 5.41) is 17.5. The van der Waals surface area contributed by atoms with Gasteiger partial charge >= 0.3 is 0 Å². The fourth-order valence-electron chi connectivity index (χ4n) is 3.28. The van der Waals surface area contributed by atoms with Gasteiger partial charge in [0.05, 0.1) is 0 Å². The summed E-state index contributed by atoms with van der Waals surface area (Å²) in [5.74, 6) is 2.67. The zero-order valence-corrected chi connectivity index (χ0v) is 16.9. The van der Waals surface area contributed by atoms with Gasteiger partial charge in [0.2, 0.25) is 0 Å². The zero-order chi connectivity index (χ0) is 18.4. The van der Waals surface area contributed by atoms with E-state index in [2.05, 4.69) is 45.3 Å². The second kappa shape index (κ2) is 8.66. The maximum atomic E-state index is 4.76. The van der Waals surface area contributed by atoms with E-state index in [4.69, 9.17) is 4.99 Å². The second-order valence-electron chi connectivity index (χ2n) is 7.20. The zero-order valence-electron chi connectivity index (χ0n) is 16.1. The largest absolute Gasteiger partial charge is 0.356 e. The van der Waals surface area contributed by atoms with Crippen molar-refractivity contribution < 1.29 is 0 Å². The van der Waals surface area contributed by atoms with Crippen LogP contribution in [0.4, 0.5) is 0 Å². The molecule has 0 unspecified atom stereocenters. The van der Waals surface area contributed by atoms with Gasteiger partial charge in [0, 0.05) is 25.0 Å². The Morgan fingerprint density at radius 2 is 2.19 bits per heavy atom. The first-order valence-corrected chi connectivity index (χ1v) is 10.4. The molecule has 1 saturated carbocycles. The molecular formula is C19H30N6S. The van der Waals surface area contributed by atoms with Crippen LogP contribution in [0.15, 0.2) is 22.5 Å². The van der Waals surface area contributed by atoms with Crippen LogP contribution in [0, 0.1) is 12.3 Å². The lowest BCUT2D eigenvalue weighted by molar-refractivity contribution is 0.131. The van der Waals surface area contributed by atoms with Crippen molar-refractivity contribution in [1.29, 1.82) is 0 Å². The Hall–Kier alpha value is -1.89. The molecule has 0 saturated heterocycles. The smallest absolute Gasteiger partial charge is 0.191 e. The van der Waals surface area contributed by atoms with Gasteiger partial charge in [0.25, 0.3) is 0 Å². The predicted octanol–water partition coefficient (Wildman–Crippen LogP) is 3.04. The number of aryl methyl sites for hydroxylation is 1. The fraction of sp³-hybridized carbons (Fsp3) is 0.632. The molecule has 6 nitrogen and oxygen atoms in total. The van der Waals surface area contributed by atoms with E-state index < -0.39 is 0 Å². The minimum absolute atomic E-state index is 0.456. The molecule has 0 spiro atoms. The predicted molar refractivity (Wildman–Crippen MR) is 107 cm³/mol. The van der Waals surface area contributed by atoms with E-state index >= 15 is 0 Å². The third kappa shape index (κ3) is 4.63. The number of hydrogen-bond acceptors (Lipinski definition) is 4. The molecule has 1 aliphatic carbocycles. The molecule has 2 N–H and O–H groups in total. The van der Waals surface area contributed by atoms with Crippen molar-refractivity contribution >= 4 is 17.3 Å². The highest BCUT2D eigenvalue weighted by Gasteiger charge is 2.34. The van der Waals surface area contributed by atoms with E-state index in [0.717, 1.165) is 37.1 Å². The lowest BCUT2D eigenvalue weighted by atomic mass is 9.67. The van der Waals surface area contributed by atoms with Gasteiger partial charge in [-0.25, -0.2) is 4.99 Å². The van der Waals surface area contributed by atoms with Crippen LogP contribution in [0.25, 0.3) is 0 Å². The molecule has 2 aromatic heterocycles. The topological polar surface area (TPSA) is 67.1 Å². The molecule has 7 heteroatoms. The first-order valence-electron chi connectivity index (χ1n) is 9.51. The molecule has 0 radical (unpaired) electrons. The van der Waals surface area contributed by atoms with Gasteiger partial charge < -0.3 is 15.2 Å². The normalized spacial score (nSPS) is 16.3. The second-order valence-corrected chi connectivity index (χ2v) is 8.24. The number of rotatable bonds is 8. The summed E-state index contributed by atoms with van der Waals surface area (Å²) in [6.07, 6.45) is 6.24. The van der Waals surface area contributed by atoms with Crippen LogP contribution in [0.5, 0.6) is 0 Å². The summed E-state index contributed by atoms with van der Waals surface area (Å²) in [6.45, 7) is 6.66. The van der Waals surface area contributed by atoms with Gasteiger partial charge in [0.15, 0.2) is 11.8 Å². The van der Waals surface area contributed by atoms with E-state index in [1.165, 1.54) is 30.6 Å². The monoisotopic (exact) mass is 374 g/mol. The van der Waals surface area contributed by atoms with E-state index in [1.54, 1.807) is 11.3 Å². The van der Waals surface area contributed by atoms with Crippen LogP contribution in [-0.2, 0) is 20.0 Å². The van der Waals surface area contributed by atoms with Crippen LogP contribution >= 0.6 is 11.3 Å². The Kier molecular flexibility index (Phi) is 6.29. The molecule has 26 heavy (non-hydrogen) atoms. The number of aromatic nitrogens is 3. The molecular weight excluding hydrogens is 344 g/mol. The number of hydrogen-bond donors (Lipinski definition) is 2. The van der Waals surface area contributed by atoms with Crippen molar-refractivity contribution in [2.75, 3.05) is 13.1 Å². The molecule has 1 fully saturated rings. The summed E-state index contributed by atoms with van der Waals surface area (Å²) < 4.78 is 1.99. The van der Waals surface area contributed by atoms with Gasteiger partial charge in [-0.15, -0.1) is 21.5 Å².